The van der Waals surface area contributed by atoms with E-state index in [1.807, 2.05) is 25.1 Å². The van der Waals surface area contributed by atoms with E-state index in [0.717, 1.165) is 23.4 Å². The second-order valence-electron chi connectivity index (χ2n) is 4.52. The molecule has 0 aliphatic heterocycles. The van der Waals surface area contributed by atoms with E-state index in [2.05, 4.69) is 11.4 Å². The highest BCUT2D eigenvalue weighted by Crippen LogP contribution is 2.31. The van der Waals surface area contributed by atoms with Gasteiger partial charge in [-0.3, -0.25) is 0 Å². The van der Waals surface area contributed by atoms with Crippen LogP contribution in [0.4, 0.5) is 5.69 Å². The molecule has 3 N–H and O–H groups in total. The Morgan fingerprint density at radius 3 is 2.88 bits per heavy atom. The van der Waals surface area contributed by atoms with E-state index in [4.69, 9.17) is 11.0 Å². The molecule has 1 aromatic carbocycles. The van der Waals surface area contributed by atoms with E-state index in [1.165, 1.54) is 12.8 Å². The molecule has 1 atom stereocenters. The number of aryl methyl sites for hydroxylation is 1. The van der Waals surface area contributed by atoms with Gasteiger partial charge in [0, 0.05) is 18.3 Å². The van der Waals surface area contributed by atoms with E-state index in [0.29, 0.717) is 5.92 Å². The number of benzene rings is 1. The van der Waals surface area contributed by atoms with E-state index in [9.17, 15) is 0 Å². The molecule has 3 heteroatoms. The highest BCUT2D eigenvalue weighted by Gasteiger charge is 2.27. The van der Waals surface area contributed by atoms with Gasteiger partial charge in [-0.05, 0) is 49.4 Å². The summed E-state index contributed by atoms with van der Waals surface area (Å²) < 4.78 is 0. The molecule has 1 aliphatic rings. The summed E-state index contributed by atoms with van der Waals surface area (Å²) in [6.45, 7) is 2.76. The van der Waals surface area contributed by atoms with Gasteiger partial charge >= 0.3 is 0 Å². The van der Waals surface area contributed by atoms with Gasteiger partial charge in [0.05, 0.1) is 11.6 Å². The number of nitrogens with one attached hydrogen (secondary N) is 1. The van der Waals surface area contributed by atoms with Crippen molar-refractivity contribution in [2.24, 2.45) is 11.7 Å². The molecular weight excluding hydrogens is 198 g/mol. The van der Waals surface area contributed by atoms with Crippen molar-refractivity contribution in [2.45, 2.75) is 25.8 Å². The zero-order chi connectivity index (χ0) is 11.5. The van der Waals surface area contributed by atoms with Gasteiger partial charge in [0.1, 0.15) is 0 Å². The predicted molar refractivity (Wildman–Crippen MR) is 65.1 cm³/mol. The standard InChI is InChI=1S/C13H17N3/c1-9-6-12(5-4-11(9)7-14)16-8-13(15)10-2-3-10/h4-6,10,13,16H,2-3,8,15H2,1H3. The van der Waals surface area contributed by atoms with Gasteiger partial charge in [-0.2, -0.15) is 5.26 Å². The highest BCUT2D eigenvalue weighted by molar-refractivity contribution is 5.51. The Morgan fingerprint density at radius 1 is 1.56 bits per heavy atom. The number of hydrogen-bond acceptors (Lipinski definition) is 3. The van der Waals surface area contributed by atoms with Crippen molar-refractivity contribution in [1.82, 2.24) is 0 Å². The van der Waals surface area contributed by atoms with Gasteiger partial charge in [0.2, 0.25) is 0 Å². The number of nitrogens with zero attached hydrogens (tertiary/aromatic N) is 1. The lowest BCUT2D eigenvalue weighted by Crippen LogP contribution is -2.31. The molecule has 0 aromatic heterocycles. The average Bonchev–Trinajstić information content (AvgIpc) is 3.10. The lowest BCUT2D eigenvalue weighted by atomic mass is 10.1. The zero-order valence-corrected chi connectivity index (χ0v) is 9.53. The number of rotatable bonds is 4. The van der Waals surface area contributed by atoms with Crippen molar-refractivity contribution >= 4 is 5.69 Å². The Hall–Kier alpha value is -1.53. The minimum absolute atomic E-state index is 0.260. The van der Waals surface area contributed by atoms with E-state index in [-0.39, 0.29) is 6.04 Å². The molecule has 3 nitrogen and oxygen atoms in total. The van der Waals surface area contributed by atoms with E-state index < -0.39 is 0 Å². The number of nitrogens with two attached hydrogens (primary N) is 1. The van der Waals surface area contributed by atoms with Gasteiger partial charge in [-0.1, -0.05) is 0 Å². The molecule has 0 amide bonds. The number of nitriles is 1. The van der Waals surface area contributed by atoms with E-state index >= 15 is 0 Å². The topological polar surface area (TPSA) is 61.8 Å². The zero-order valence-electron chi connectivity index (χ0n) is 9.53. The third-order valence-electron chi connectivity index (χ3n) is 3.12. The van der Waals surface area contributed by atoms with Crippen LogP contribution in [0.15, 0.2) is 18.2 Å². The van der Waals surface area contributed by atoms with Gasteiger partial charge in [0.25, 0.3) is 0 Å². The minimum atomic E-state index is 0.260. The van der Waals surface area contributed by atoms with Crippen molar-refractivity contribution in [2.75, 3.05) is 11.9 Å². The Balaban J connectivity index is 1.94. The molecule has 1 saturated carbocycles. The Kier molecular flexibility index (Phi) is 3.12. The van der Waals surface area contributed by atoms with Crippen LogP contribution in [0.3, 0.4) is 0 Å². The molecule has 0 bridgehead atoms. The maximum atomic E-state index is 8.82. The van der Waals surface area contributed by atoms with Gasteiger partial charge in [-0.25, -0.2) is 0 Å². The van der Waals surface area contributed by atoms with Crippen LogP contribution < -0.4 is 11.1 Å². The molecule has 1 unspecified atom stereocenters. The molecule has 16 heavy (non-hydrogen) atoms. The normalized spacial score (nSPS) is 16.6. The second kappa shape index (κ2) is 4.54. The molecule has 84 valence electrons. The fraction of sp³-hybridized carbons (Fsp3) is 0.462. The summed E-state index contributed by atoms with van der Waals surface area (Å²) in [4.78, 5) is 0. The van der Waals surface area contributed by atoms with Crippen molar-refractivity contribution in [3.63, 3.8) is 0 Å². The summed E-state index contributed by atoms with van der Waals surface area (Å²) in [6, 6.07) is 8.20. The van der Waals surface area contributed by atoms with Crippen LogP contribution in [0.1, 0.15) is 24.0 Å². The van der Waals surface area contributed by atoms with Gasteiger partial charge in [0.15, 0.2) is 0 Å². The Morgan fingerprint density at radius 2 is 2.31 bits per heavy atom. The van der Waals surface area contributed by atoms with Crippen LogP contribution in [-0.2, 0) is 0 Å². The molecular formula is C13H17N3. The molecule has 0 spiro atoms. The van der Waals surface area contributed by atoms with Gasteiger partial charge in [-0.15, -0.1) is 0 Å². The largest absolute Gasteiger partial charge is 0.383 e. The highest BCUT2D eigenvalue weighted by atomic mass is 14.9. The molecule has 1 aliphatic carbocycles. The smallest absolute Gasteiger partial charge is 0.0994 e. The summed E-state index contributed by atoms with van der Waals surface area (Å²) in [5, 5.41) is 12.1. The molecule has 2 rings (SSSR count). The minimum Gasteiger partial charge on any atom is -0.383 e. The summed E-state index contributed by atoms with van der Waals surface area (Å²) in [6.07, 6.45) is 2.55. The molecule has 1 aromatic rings. The SMILES string of the molecule is Cc1cc(NCC(N)C2CC2)ccc1C#N. The van der Waals surface area contributed by atoms with Crippen molar-refractivity contribution in [3.05, 3.63) is 29.3 Å². The first-order valence-corrected chi connectivity index (χ1v) is 5.71. The molecule has 0 heterocycles. The summed E-state index contributed by atoms with van der Waals surface area (Å²) in [7, 11) is 0. The van der Waals surface area contributed by atoms with Gasteiger partial charge < -0.3 is 11.1 Å². The van der Waals surface area contributed by atoms with Crippen molar-refractivity contribution < 1.29 is 0 Å². The predicted octanol–water partition coefficient (Wildman–Crippen LogP) is 2.02. The van der Waals surface area contributed by atoms with Crippen molar-refractivity contribution in [1.29, 1.82) is 5.26 Å². The average molecular weight is 215 g/mol. The van der Waals surface area contributed by atoms with Crippen LogP contribution in [0.2, 0.25) is 0 Å². The lowest BCUT2D eigenvalue weighted by Gasteiger charge is -2.13. The molecule has 0 radical (unpaired) electrons. The quantitative estimate of drug-likeness (QED) is 0.807. The molecule has 0 saturated heterocycles. The number of anilines is 1. The first kappa shape index (κ1) is 11.0. The monoisotopic (exact) mass is 215 g/mol. The third-order valence-corrected chi connectivity index (χ3v) is 3.12. The maximum absolute atomic E-state index is 8.82. The van der Waals surface area contributed by atoms with Crippen LogP contribution in [0.5, 0.6) is 0 Å². The molecule has 1 fully saturated rings. The summed E-state index contributed by atoms with van der Waals surface area (Å²) in [5.41, 5.74) is 8.80. The lowest BCUT2D eigenvalue weighted by molar-refractivity contribution is 0.621. The van der Waals surface area contributed by atoms with Crippen molar-refractivity contribution in [3.8, 4) is 6.07 Å². The fourth-order valence-corrected chi connectivity index (χ4v) is 1.83. The van der Waals surface area contributed by atoms with Crippen LogP contribution in [0, 0.1) is 24.2 Å². The Labute approximate surface area is 96.3 Å². The van der Waals surface area contributed by atoms with Crippen LogP contribution >= 0.6 is 0 Å². The maximum Gasteiger partial charge on any atom is 0.0994 e. The summed E-state index contributed by atoms with van der Waals surface area (Å²) in [5.74, 6) is 0.715. The summed E-state index contributed by atoms with van der Waals surface area (Å²) >= 11 is 0. The third kappa shape index (κ3) is 2.53. The first-order valence-electron chi connectivity index (χ1n) is 5.71. The second-order valence-corrected chi connectivity index (χ2v) is 4.52. The van der Waals surface area contributed by atoms with E-state index in [1.54, 1.807) is 0 Å². The number of hydrogen-bond donors (Lipinski definition) is 2. The Bertz CT molecular complexity index is 416. The fourth-order valence-electron chi connectivity index (χ4n) is 1.83. The van der Waals surface area contributed by atoms with Crippen LogP contribution in [0.25, 0.3) is 0 Å². The first-order chi connectivity index (χ1) is 7.70. The van der Waals surface area contributed by atoms with Crippen LogP contribution in [-0.4, -0.2) is 12.6 Å².